The van der Waals surface area contributed by atoms with Gasteiger partial charge in [-0.05, 0) is 49.9 Å². The Kier molecular flexibility index (Phi) is 3.15. The van der Waals surface area contributed by atoms with Crippen LogP contribution in [0.2, 0.25) is 5.28 Å². The number of fused-ring (bicyclic) bond motifs is 1. The average molecular weight is 274 g/mol. The number of para-hydroxylation sites is 1. The van der Waals surface area contributed by atoms with Gasteiger partial charge in [-0.25, -0.2) is 9.97 Å². The lowest BCUT2D eigenvalue weighted by atomic mass is 9.96. The minimum absolute atomic E-state index is 0.310. The third-order valence-electron chi connectivity index (χ3n) is 3.58. The molecule has 4 heteroatoms. The van der Waals surface area contributed by atoms with Gasteiger partial charge in [-0.2, -0.15) is 0 Å². The highest BCUT2D eigenvalue weighted by atomic mass is 35.5. The van der Waals surface area contributed by atoms with Crippen LogP contribution in [0.4, 0.5) is 11.5 Å². The molecule has 1 aliphatic heterocycles. The van der Waals surface area contributed by atoms with Gasteiger partial charge in [-0.3, -0.25) is 0 Å². The van der Waals surface area contributed by atoms with E-state index in [0.717, 1.165) is 24.4 Å². The maximum absolute atomic E-state index is 6.00. The molecule has 0 bridgehead atoms. The summed E-state index contributed by atoms with van der Waals surface area (Å²) in [4.78, 5) is 10.8. The van der Waals surface area contributed by atoms with Crippen LogP contribution in [-0.2, 0) is 6.42 Å². The van der Waals surface area contributed by atoms with E-state index in [1.165, 1.54) is 11.3 Å². The Labute approximate surface area is 118 Å². The van der Waals surface area contributed by atoms with Crippen molar-refractivity contribution >= 4 is 23.1 Å². The summed E-state index contributed by atoms with van der Waals surface area (Å²) >= 11 is 6.00. The van der Waals surface area contributed by atoms with Crippen LogP contribution in [0, 0.1) is 6.92 Å². The molecular formula is C15H16ClN3. The first-order valence-electron chi connectivity index (χ1n) is 6.53. The summed E-state index contributed by atoms with van der Waals surface area (Å²) in [5.74, 6) is 0.886. The van der Waals surface area contributed by atoms with Crippen molar-refractivity contribution in [2.45, 2.75) is 32.7 Å². The first kappa shape index (κ1) is 12.4. The number of aryl methyl sites for hydroxylation is 2. The fourth-order valence-electron chi connectivity index (χ4n) is 2.68. The summed E-state index contributed by atoms with van der Waals surface area (Å²) in [6, 6.07) is 10.9. The molecule has 0 saturated carbocycles. The molecule has 1 atom stereocenters. The number of benzene rings is 1. The first-order chi connectivity index (χ1) is 9.15. The average Bonchev–Trinajstić information content (AvgIpc) is 2.37. The van der Waals surface area contributed by atoms with Crippen molar-refractivity contribution in [2.24, 2.45) is 0 Å². The Bertz CT molecular complexity index is 592. The Balaban J connectivity index is 2.13. The predicted octanol–water partition coefficient (Wildman–Crippen LogP) is 3.91. The SMILES string of the molecule is Cc1cc(N2c3ccccc3CCC2C)nc(Cl)n1. The van der Waals surface area contributed by atoms with Crippen molar-refractivity contribution in [1.29, 1.82) is 0 Å². The van der Waals surface area contributed by atoms with Crippen LogP contribution in [0.25, 0.3) is 0 Å². The van der Waals surface area contributed by atoms with E-state index in [2.05, 4.69) is 46.1 Å². The number of hydrogen-bond donors (Lipinski definition) is 0. The monoisotopic (exact) mass is 273 g/mol. The zero-order valence-electron chi connectivity index (χ0n) is 11.1. The highest BCUT2D eigenvalue weighted by molar-refractivity contribution is 6.28. The van der Waals surface area contributed by atoms with Crippen molar-refractivity contribution in [1.82, 2.24) is 9.97 Å². The van der Waals surface area contributed by atoms with Crippen LogP contribution < -0.4 is 4.90 Å². The summed E-state index contributed by atoms with van der Waals surface area (Å²) in [5, 5.41) is 0.310. The van der Waals surface area contributed by atoms with Crippen molar-refractivity contribution in [2.75, 3.05) is 4.90 Å². The fraction of sp³-hybridized carbons (Fsp3) is 0.333. The summed E-state index contributed by atoms with van der Waals surface area (Å²) in [6.45, 7) is 4.17. The molecule has 98 valence electrons. The van der Waals surface area contributed by atoms with Crippen LogP contribution in [0.3, 0.4) is 0 Å². The molecule has 3 nitrogen and oxygen atoms in total. The van der Waals surface area contributed by atoms with E-state index in [9.17, 15) is 0 Å². The van der Waals surface area contributed by atoms with Crippen molar-refractivity contribution in [3.63, 3.8) is 0 Å². The molecule has 0 radical (unpaired) electrons. The molecule has 0 aliphatic carbocycles. The number of rotatable bonds is 1. The van der Waals surface area contributed by atoms with E-state index in [1.54, 1.807) is 0 Å². The molecule has 19 heavy (non-hydrogen) atoms. The van der Waals surface area contributed by atoms with E-state index in [0.29, 0.717) is 11.3 Å². The third-order valence-corrected chi connectivity index (χ3v) is 3.75. The fourth-order valence-corrected chi connectivity index (χ4v) is 2.90. The predicted molar refractivity (Wildman–Crippen MR) is 78.1 cm³/mol. The van der Waals surface area contributed by atoms with Crippen LogP contribution in [0.5, 0.6) is 0 Å². The molecule has 1 aromatic carbocycles. The molecule has 0 fully saturated rings. The summed E-state index contributed by atoms with van der Waals surface area (Å²) in [5.41, 5.74) is 3.49. The number of nitrogens with zero attached hydrogens (tertiary/aromatic N) is 3. The van der Waals surface area contributed by atoms with E-state index in [-0.39, 0.29) is 0 Å². The standard InChI is InChI=1S/C15H16ClN3/c1-10-9-14(18-15(16)17-10)19-11(2)7-8-12-5-3-4-6-13(12)19/h3-6,9,11H,7-8H2,1-2H3. The van der Waals surface area contributed by atoms with Crippen LogP contribution >= 0.6 is 11.6 Å². The second-order valence-corrected chi connectivity index (χ2v) is 5.36. The highest BCUT2D eigenvalue weighted by Crippen LogP contribution is 2.36. The van der Waals surface area contributed by atoms with Crippen molar-refractivity contribution in [3.8, 4) is 0 Å². The number of anilines is 2. The summed E-state index contributed by atoms with van der Waals surface area (Å²) in [7, 11) is 0. The maximum atomic E-state index is 6.00. The molecule has 2 aromatic rings. The van der Waals surface area contributed by atoms with E-state index < -0.39 is 0 Å². The zero-order valence-corrected chi connectivity index (χ0v) is 11.9. The van der Waals surface area contributed by atoms with Gasteiger partial charge in [-0.1, -0.05) is 18.2 Å². The minimum atomic E-state index is 0.310. The van der Waals surface area contributed by atoms with E-state index in [1.807, 2.05) is 13.0 Å². The van der Waals surface area contributed by atoms with E-state index >= 15 is 0 Å². The van der Waals surface area contributed by atoms with Crippen LogP contribution in [0.1, 0.15) is 24.6 Å². The van der Waals surface area contributed by atoms with E-state index in [4.69, 9.17) is 11.6 Å². The lowest BCUT2D eigenvalue weighted by molar-refractivity contribution is 0.612. The molecule has 1 aliphatic rings. The minimum Gasteiger partial charge on any atom is -0.323 e. The number of halogens is 1. The largest absolute Gasteiger partial charge is 0.323 e. The summed E-state index contributed by atoms with van der Waals surface area (Å²) < 4.78 is 0. The van der Waals surface area contributed by atoms with Gasteiger partial charge in [0.15, 0.2) is 0 Å². The van der Waals surface area contributed by atoms with Gasteiger partial charge in [0.1, 0.15) is 5.82 Å². The third kappa shape index (κ3) is 2.30. The van der Waals surface area contributed by atoms with Gasteiger partial charge in [-0.15, -0.1) is 0 Å². The number of hydrogen-bond acceptors (Lipinski definition) is 3. The second-order valence-electron chi connectivity index (χ2n) is 5.02. The second kappa shape index (κ2) is 4.82. The molecule has 3 rings (SSSR count). The lowest BCUT2D eigenvalue weighted by Crippen LogP contribution is -2.33. The molecule has 0 saturated heterocycles. The number of aromatic nitrogens is 2. The van der Waals surface area contributed by atoms with Gasteiger partial charge < -0.3 is 4.90 Å². The molecule has 0 spiro atoms. The lowest BCUT2D eigenvalue weighted by Gasteiger charge is -2.36. The Morgan fingerprint density at radius 2 is 2.05 bits per heavy atom. The van der Waals surface area contributed by atoms with Gasteiger partial charge in [0, 0.05) is 23.5 Å². The Hall–Kier alpha value is -1.61. The van der Waals surface area contributed by atoms with Gasteiger partial charge in [0.05, 0.1) is 0 Å². The van der Waals surface area contributed by atoms with Crippen LogP contribution in [0.15, 0.2) is 30.3 Å². The Morgan fingerprint density at radius 1 is 1.26 bits per heavy atom. The quantitative estimate of drug-likeness (QED) is 0.738. The smallest absolute Gasteiger partial charge is 0.224 e. The van der Waals surface area contributed by atoms with Crippen molar-refractivity contribution in [3.05, 3.63) is 46.9 Å². The molecule has 1 unspecified atom stereocenters. The molecule has 2 heterocycles. The highest BCUT2D eigenvalue weighted by Gasteiger charge is 2.25. The van der Waals surface area contributed by atoms with Gasteiger partial charge >= 0.3 is 0 Å². The topological polar surface area (TPSA) is 29.0 Å². The maximum Gasteiger partial charge on any atom is 0.224 e. The zero-order chi connectivity index (χ0) is 13.4. The molecular weight excluding hydrogens is 258 g/mol. The molecule has 0 amide bonds. The van der Waals surface area contributed by atoms with Gasteiger partial charge in [0.25, 0.3) is 0 Å². The Morgan fingerprint density at radius 3 is 2.84 bits per heavy atom. The first-order valence-corrected chi connectivity index (χ1v) is 6.91. The van der Waals surface area contributed by atoms with Crippen LogP contribution in [-0.4, -0.2) is 16.0 Å². The normalized spacial score (nSPS) is 18.3. The molecule has 1 aromatic heterocycles. The van der Waals surface area contributed by atoms with Gasteiger partial charge in [0.2, 0.25) is 5.28 Å². The van der Waals surface area contributed by atoms with Crippen molar-refractivity contribution < 1.29 is 0 Å². The summed E-state index contributed by atoms with van der Waals surface area (Å²) in [6.07, 6.45) is 2.24. The molecule has 0 N–H and O–H groups in total.